The Balaban J connectivity index is 1.78. The van der Waals surface area contributed by atoms with Gasteiger partial charge in [-0.15, -0.1) is 0 Å². The first-order valence-corrected chi connectivity index (χ1v) is 6.37. The van der Waals surface area contributed by atoms with Gasteiger partial charge < -0.3 is 14.3 Å². The highest BCUT2D eigenvalue weighted by Crippen LogP contribution is 2.20. The van der Waals surface area contributed by atoms with Crippen LogP contribution in [0.25, 0.3) is 11.1 Å². The zero-order valence-electron chi connectivity index (χ0n) is 11.1. The summed E-state index contributed by atoms with van der Waals surface area (Å²) in [6.07, 6.45) is 3.81. The summed E-state index contributed by atoms with van der Waals surface area (Å²) in [6.45, 7) is 5.59. The van der Waals surface area contributed by atoms with E-state index in [0.717, 1.165) is 29.2 Å². The van der Waals surface area contributed by atoms with E-state index in [4.69, 9.17) is 4.42 Å². The Morgan fingerprint density at radius 3 is 3.11 bits per heavy atom. The Morgan fingerprint density at radius 2 is 2.26 bits per heavy atom. The average molecular weight is 256 g/mol. The van der Waals surface area contributed by atoms with Crippen LogP contribution < -0.4 is 5.32 Å². The molecule has 19 heavy (non-hydrogen) atoms. The molecule has 0 saturated carbocycles. The summed E-state index contributed by atoms with van der Waals surface area (Å²) in [5.74, 6) is 1.72. The number of benzene rings is 1. The van der Waals surface area contributed by atoms with Crippen LogP contribution in [0.1, 0.15) is 18.6 Å². The van der Waals surface area contributed by atoms with Crippen molar-refractivity contribution in [3.05, 3.63) is 42.3 Å². The van der Waals surface area contributed by atoms with Crippen LogP contribution in [0, 0.1) is 6.92 Å². The molecule has 0 aliphatic carbocycles. The van der Waals surface area contributed by atoms with Crippen LogP contribution in [-0.4, -0.2) is 14.5 Å². The topological polar surface area (TPSA) is 55.9 Å². The van der Waals surface area contributed by atoms with Crippen LogP contribution in [0.2, 0.25) is 0 Å². The summed E-state index contributed by atoms with van der Waals surface area (Å²) in [4.78, 5) is 8.66. The van der Waals surface area contributed by atoms with Crippen LogP contribution in [-0.2, 0) is 13.1 Å². The van der Waals surface area contributed by atoms with E-state index in [1.54, 1.807) is 0 Å². The zero-order valence-corrected chi connectivity index (χ0v) is 11.1. The quantitative estimate of drug-likeness (QED) is 0.779. The molecule has 0 spiro atoms. The molecule has 3 rings (SSSR count). The maximum absolute atomic E-state index is 5.45. The standard InChI is InChI=1S/C14H16N4O/c1-3-18-7-6-15-14(18)9-16-11-4-5-13-12(8-11)17-10(2)19-13/h4-8,16H,3,9H2,1-2H3. The molecule has 0 aliphatic rings. The van der Waals surface area contributed by atoms with Crippen molar-refractivity contribution in [2.75, 3.05) is 5.32 Å². The maximum Gasteiger partial charge on any atom is 0.192 e. The lowest BCUT2D eigenvalue weighted by molar-refractivity contribution is 0.561. The van der Waals surface area contributed by atoms with Crippen molar-refractivity contribution in [3.8, 4) is 0 Å². The van der Waals surface area contributed by atoms with Gasteiger partial charge in [-0.05, 0) is 25.1 Å². The number of aromatic nitrogens is 3. The van der Waals surface area contributed by atoms with E-state index >= 15 is 0 Å². The molecular formula is C14H16N4O. The molecule has 0 aliphatic heterocycles. The highest BCUT2D eigenvalue weighted by molar-refractivity contribution is 5.77. The first kappa shape index (κ1) is 11.8. The van der Waals surface area contributed by atoms with Gasteiger partial charge in [-0.2, -0.15) is 0 Å². The molecular weight excluding hydrogens is 240 g/mol. The first-order valence-electron chi connectivity index (χ1n) is 6.37. The predicted octanol–water partition coefficient (Wildman–Crippen LogP) is 2.96. The van der Waals surface area contributed by atoms with Crippen molar-refractivity contribution in [3.63, 3.8) is 0 Å². The third-order valence-electron chi connectivity index (χ3n) is 3.09. The third kappa shape index (κ3) is 2.31. The van der Waals surface area contributed by atoms with Crippen molar-refractivity contribution in [2.45, 2.75) is 26.9 Å². The second kappa shape index (κ2) is 4.76. The molecule has 0 bridgehead atoms. The largest absolute Gasteiger partial charge is 0.441 e. The molecule has 3 aromatic rings. The summed E-state index contributed by atoms with van der Waals surface area (Å²) >= 11 is 0. The Labute approximate surface area is 111 Å². The van der Waals surface area contributed by atoms with E-state index in [2.05, 4.69) is 26.8 Å². The summed E-state index contributed by atoms with van der Waals surface area (Å²) in [5.41, 5.74) is 2.71. The van der Waals surface area contributed by atoms with Crippen molar-refractivity contribution < 1.29 is 4.42 Å². The zero-order chi connectivity index (χ0) is 13.2. The number of anilines is 1. The van der Waals surface area contributed by atoms with E-state index in [9.17, 15) is 0 Å². The molecule has 0 unspecified atom stereocenters. The van der Waals surface area contributed by atoms with Crippen LogP contribution >= 0.6 is 0 Å². The molecule has 5 nitrogen and oxygen atoms in total. The van der Waals surface area contributed by atoms with Gasteiger partial charge in [0.1, 0.15) is 11.3 Å². The molecule has 0 atom stereocenters. The van der Waals surface area contributed by atoms with E-state index < -0.39 is 0 Å². The van der Waals surface area contributed by atoms with Gasteiger partial charge in [-0.25, -0.2) is 9.97 Å². The summed E-state index contributed by atoms with van der Waals surface area (Å²) < 4.78 is 7.57. The Morgan fingerprint density at radius 1 is 1.37 bits per heavy atom. The SMILES string of the molecule is CCn1ccnc1CNc1ccc2oc(C)nc2c1. The van der Waals surface area contributed by atoms with Crippen molar-refractivity contribution in [1.82, 2.24) is 14.5 Å². The van der Waals surface area contributed by atoms with Crippen molar-refractivity contribution in [1.29, 1.82) is 0 Å². The second-order valence-corrected chi connectivity index (χ2v) is 4.40. The number of hydrogen-bond acceptors (Lipinski definition) is 4. The van der Waals surface area contributed by atoms with Crippen LogP contribution in [0.4, 0.5) is 5.69 Å². The van der Waals surface area contributed by atoms with Crippen LogP contribution in [0.5, 0.6) is 0 Å². The van der Waals surface area contributed by atoms with Gasteiger partial charge in [-0.1, -0.05) is 0 Å². The second-order valence-electron chi connectivity index (χ2n) is 4.40. The van der Waals surface area contributed by atoms with Gasteiger partial charge in [0.25, 0.3) is 0 Å². The normalized spacial score (nSPS) is 11.1. The van der Waals surface area contributed by atoms with Gasteiger partial charge in [0.15, 0.2) is 11.5 Å². The monoisotopic (exact) mass is 256 g/mol. The molecule has 0 amide bonds. The van der Waals surface area contributed by atoms with Crippen LogP contribution in [0.3, 0.4) is 0 Å². The van der Waals surface area contributed by atoms with Gasteiger partial charge >= 0.3 is 0 Å². The molecule has 2 aromatic heterocycles. The van der Waals surface area contributed by atoms with Gasteiger partial charge in [0.05, 0.1) is 6.54 Å². The Bertz CT molecular complexity index is 698. The van der Waals surface area contributed by atoms with E-state index in [1.807, 2.05) is 37.5 Å². The highest BCUT2D eigenvalue weighted by Gasteiger charge is 2.04. The number of oxazole rings is 1. The molecule has 2 heterocycles. The Hall–Kier alpha value is -2.30. The van der Waals surface area contributed by atoms with Gasteiger partial charge in [0.2, 0.25) is 0 Å². The van der Waals surface area contributed by atoms with Gasteiger partial charge in [-0.3, -0.25) is 0 Å². The summed E-state index contributed by atoms with van der Waals surface area (Å²) in [6, 6.07) is 5.92. The lowest BCUT2D eigenvalue weighted by atomic mass is 10.3. The van der Waals surface area contributed by atoms with Gasteiger partial charge in [0, 0.05) is 31.5 Å². The molecule has 0 fully saturated rings. The number of aryl methyl sites for hydroxylation is 2. The highest BCUT2D eigenvalue weighted by atomic mass is 16.3. The number of nitrogens with zero attached hydrogens (tertiary/aromatic N) is 3. The fourth-order valence-corrected chi connectivity index (χ4v) is 2.13. The maximum atomic E-state index is 5.45. The lowest BCUT2D eigenvalue weighted by Gasteiger charge is -2.07. The first-order chi connectivity index (χ1) is 9.26. The molecule has 0 radical (unpaired) electrons. The number of hydrogen-bond donors (Lipinski definition) is 1. The average Bonchev–Trinajstić information content (AvgIpc) is 3.00. The smallest absolute Gasteiger partial charge is 0.192 e. The van der Waals surface area contributed by atoms with Crippen LogP contribution in [0.15, 0.2) is 35.0 Å². The van der Waals surface area contributed by atoms with E-state index in [1.165, 1.54) is 0 Å². The predicted molar refractivity (Wildman–Crippen MR) is 74.0 cm³/mol. The van der Waals surface area contributed by atoms with Crippen molar-refractivity contribution >= 4 is 16.8 Å². The fraction of sp³-hybridized carbons (Fsp3) is 0.286. The van der Waals surface area contributed by atoms with E-state index in [-0.39, 0.29) is 0 Å². The number of nitrogens with one attached hydrogen (secondary N) is 1. The summed E-state index contributed by atoms with van der Waals surface area (Å²) in [7, 11) is 0. The van der Waals surface area contributed by atoms with Crippen molar-refractivity contribution in [2.24, 2.45) is 0 Å². The Kier molecular flexibility index (Phi) is 2.95. The van der Waals surface area contributed by atoms with E-state index in [0.29, 0.717) is 12.4 Å². The molecule has 1 N–H and O–H groups in total. The number of fused-ring (bicyclic) bond motifs is 1. The number of imidazole rings is 1. The molecule has 98 valence electrons. The number of rotatable bonds is 4. The minimum Gasteiger partial charge on any atom is -0.441 e. The molecule has 5 heteroatoms. The molecule has 0 saturated heterocycles. The summed E-state index contributed by atoms with van der Waals surface area (Å²) in [5, 5.41) is 3.36. The third-order valence-corrected chi connectivity index (χ3v) is 3.09. The lowest BCUT2D eigenvalue weighted by Crippen LogP contribution is -2.07. The fourth-order valence-electron chi connectivity index (χ4n) is 2.13. The molecule has 1 aromatic carbocycles. The minimum absolute atomic E-state index is 0.689. The minimum atomic E-state index is 0.689.